The van der Waals surface area contributed by atoms with Crippen molar-refractivity contribution in [3.8, 4) is 0 Å². The smallest absolute Gasteiger partial charge is 0.128 e. The van der Waals surface area contributed by atoms with Gasteiger partial charge in [-0.3, -0.25) is 0 Å². The van der Waals surface area contributed by atoms with Crippen molar-refractivity contribution in [3.05, 3.63) is 35.6 Å². The Hall–Kier alpha value is -0.930. The molecule has 1 aromatic rings. The maximum Gasteiger partial charge on any atom is 0.128 e. The molecule has 1 saturated heterocycles. The summed E-state index contributed by atoms with van der Waals surface area (Å²) in [5.74, 6) is 1.44. The summed E-state index contributed by atoms with van der Waals surface area (Å²) in [5.41, 5.74) is 0.803. The summed E-state index contributed by atoms with van der Waals surface area (Å²) < 4.78 is 14.1. The number of nitrogens with zero attached hydrogens (tertiary/aromatic N) is 1. The summed E-state index contributed by atoms with van der Waals surface area (Å²) >= 11 is 0. The molecule has 0 radical (unpaired) electrons. The van der Waals surface area contributed by atoms with Gasteiger partial charge in [-0.1, -0.05) is 39.0 Å². The van der Waals surface area contributed by atoms with E-state index in [9.17, 15) is 4.39 Å². The monoisotopic (exact) mass is 292 g/mol. The molecule has 2 nitrogen and oxygen atoms in total. The van der Waals surface area contributed by atoms with Crippen LogP contribution in [-0.4, -0.2) is 31.1 Å². The Morgan fingerprint density at radius 1 is 1.29 bits per heavy atom. The first kappa shape index (κ1) is 16.4. The second-order valence-electron chi connectivity index (χ2n) is 6.53. The maximum absolute atomic E-state index is 14.1. The van der Waals surface area contributed by atoms with Crippen molar-refractivity contribution in [2.75, 3.05) is 26.2 Å². The molecule has 0 aliphatic carbocycles. The van der Waals surface area contributed by atoms with Crippen molar-refractivity contribution in [3.63, 3.8) is 0 Å². The van der Waals surface area contributed by atoms with E-state index in [0.717, 1.165) is 50.0 Å². The van der Waals surface area contributed by atoms with Gasteiger partial charge >= 0.3 is 0 Å². The number of halogens is 1. The first-order valence-electron chi connectivity index (χ1n) is 8.32. The van der Waals surface area contributed by atoms with Crippen LogP contribution in [0.3, 0.4) is 0 Å². The Kier molecular flexibility index (Phi) is 6.19. The van der Waals surface area contributed by atoms with E-state index in [-0.39, 0.29) is 11.9 Å². The van der Waals surface area contributed by atoms with Crippen LogP contribution in [-0.2, 0) is 0 Å². The molecule has 118 valence electrons. The minimum atomic E-state index is -0.0930. The number of rotatable bonds is 6. The molecule has 21 heavy (non-hydrogen) atoms. The zero-order chi connectivity index (χ0) is 15.2. The molecule has 3 heteroatoms. The normalized spacial score (nSPS) is 25.0. The van der Waals surface area contributed by atoms with Gasteiger partial charge in [0.25, 0.3) is 0 Å². The lowest BCUT2D eigenvalue weighted by atomic mass is 9.88. The van der Waals surface area contributed by atoms with Crippen LogP contribution < -0.4 is 5.32 Å². The van der Waals surface area contributed by atoms with Crippen molar-refractivity contribution in [1.29, 1.82) is 0 Å². The Balaban J connectivity index is 2.05. The van der Waals surface area contributed by atoms with E-state index < -0.39 is 0 Å². The molecule has 1 N–H and O–H groups in total. The zero-order valence-electron chi connectivity index (χ0n) is 13.6. The zero-order valence-corrected chi connectivity index (χ0v) is 13.6. The molecular formula is C18H29FN2. The van der Waals surface area contributed by atoms with Gasteiger partial charge in [-0.2, -0.15) is 0 Å². The number of likely N-dealkylation sites (tertiary alicyclic amines) is 1. The van der Waals surface area contributed by atoms with E-state index in [4.69, 9.17) is 0 Å². The molecule has 0 spiro atoms. The lowest BCUT2D eigenvalue weighted by Crippen LogP contribution is -2.43. The summed E-state index contributed by atoms with van der Waals surface area (Å²) in [6, 6.07) is 7.27. The molecule has 3 atom stereocenters. The lowest BCUT2D eigenvalue weighted by molar-refractivity contribution is 0.126. The van der Waals surface area contributed by atoms with Gasteiger partial charge in [0.2, 0.25) is 0 Å². The van der Waals surface area contributed by atoms with Crippen LogP contribution in [0.4, 0.5) is 4.39 Å². The van der Waals surface area contributed by atoms with E-state index in [0.29, 0.717) is 0 Å². The number of nitrogens with one attached hydrogen (secondary N) is 1. The summed E-state index contributed by atoms with van der Waals surface area (Å²) in [5, 5.41) is 3.52. The minimum Gasteiger partial charge on any atom is -0.309 e. The predicted molar refractivity (Wildman–Crippen MR) is 86.8 cm³/mol. The van der Waals surface area contributed by atoms with E-state index in [1.54, 1.807) is 12.1 Å². The third-order valence-electron chi connectivity index (χ3n) is 4.78. The average molecular weight is 292 g/mol. The van der Waals surface area contributed by atoms with Crippen LogP contribution >= 0.6 is 0 Å². The third kappa shape index (κ3) is 4.52. The standard InChI is InChI=1S/C18H29FN2/c1-4-10-20-18(16-7-5-6-8-17(16)19)13-21-11-9-14(2)15(3)12-21/h5-8,14-15,18,20H,4,9-13H2,1-3H3. The molecule has 1 aliphatic rings. The van der Waals surface area contributed by atoms with Gasteiger partial charge < -0.3 is 10.2 Å². The predicted octanol–water partition coefficient (Wildman–Crippen LogP) is 3.84. The van der Waals surface area contributed by atoms with Crippen molar-refractivity contribution in [2.24, 2.45) is 11.8 Å². The number of hydrogen-bond acceptors (Lipinski definition) is 2. The molecule has 1 aromatic carbocycles. The maximum atomic E-state index is 14.1. The number of piperidine rings is 1. The summed E-state index contributed by atoms with van der Waals surface area (Å²) in [6.45, 7) is 10.9. The highest BCUT2D eigenvalue weighted by Crippen LogP contribution is 2.25. The van der Waals surface area contributed by atoms with Crippen molar-refractivity contribution in [2.45, 2.75) is 39.7 Å². The third-order valence-corrected chi connectivity index (χ3v) is 4.78. The van der Waals surface area contributed by atoms with Gasteiger partial charge in [0.15, 0.2) is 0 Å². The molecule has 0 amide bonds. The molecular weight excluding hydrogens is 263 g/mol. The van der Waals surface area contributed by atoms with Crippen molar-refractivity contribution >= 4 is 0 Å². The van der Waals surface area contributed by atoms with E-state index in [1.807, 2.05) is 12.1 Å². The largest absolute Gasteiger partial charge is 0.309 e. The highest BCUT2D eigenvalue weighted by molar-refractivity contribution is 5.21. The molecule has 2 rings (SSSR count). The second-order valence-corrected chi connectivity index (χ2v) is 6.53. The van der Waals surface area contributed by atoms with Gasteiger partial charge in [0, 0.05) is 24.7 Å². The van der Waals surface area contributed by atoms with Gasteiger partial charge in [-0.05, 0) is 43.8 Å². The average Bonchev–Trinajstić information content (AvgIpc) is 2.48. The van der Waals surface area contributed by atoms with Crippen LogP contribution in [0.25, 0.3) is 0 Å². The lowest BCUT2D eigenvalue weighted by Gasteiger charge is -2.37. The minimum absolute atomic E-state index is 0.0896. The summed E-state index contributed by atoms with van der Waals surface area (Å²) in [4.78, 5) is 2.49. The fourth-order valence-corrected chi connectivity index (χ4v) is 3.12. The first-order valence-corrected chi connectivity index (χ1v) is 8.32. The quantitative estimate of drug-likeness (QED) is 0.857. The highest BCUT2D eigenvalue weighted by atomic mass is 19.1. The first-order chi connectivity index (χ1) is 10.1. The van der Waals surface area contributed by atoms with Crippen molar-refractivity contribution < 1.29 is 4.39 Å². The Morgan fingerprint density at radius 3 is 2.71 bits per heavy atom. The van der Waals surface area contributed by atoms with Gasteiger partial charge in [0.1, 0.15) is 5.82 Å². The van der Waals surface area contributed by atoms with E-state index in [2.05, 4.69) is 31.0 Å². The van der Waals surface area contributed by atoms with Crippen LogP contribution in [0.15, 0.2) is 24.3 Å². The second kappa shape index (κ2) is 7.90. The number of hydrogen-bond donors (Lipinski definition) is 1. The van der Waals surface area contributed by atoms with Crippen LogP contribution in [0, 0.1) is 17.7 Å². The topological polar surface area (TPSA) is 15.3 Å². The highest BCUT2D eigenvalue weighted by Gasteiger charge is 2.25. The molecule has 1 heterocycles. The molecule has 1 fully saturated rings. The van der Waals surface area contributed by atoms with Crippen molar-refractivity contribution in [1.82, 2.24) is 10.2 Å². The fourth-order valence-electron chi connectivity index (χ4n) is 3.12. The molecule has 3 unspecified atom stereocenters. The summed E-state index contributed by atoms with van der Waals surface area (Å²) in [7, 11) is 0. The molecule has 0 aromatic heterocycles. The van der Waals surface area contributed by atoms with E-state index >= 15 is 0 Å². The van der Waals surface area contributed by atoms with Gasteiger partial charge in [-0.15, -0.1) is 0 Å². The molecule has 0 saturated carbocycles. The molecule has 1 aliphatic heterocycles. The Bertz CT molecular complexity index is 435. The summed E-state index contributed by atoms with van der Waals surface area (Å²) in [6.07, 6.45) is 2.32. The fraction of sp³-hybridized carbons (Fsp3) is 0.667. The Labute approximate surface area is 128 Å². The van der Waals surface area contributed by atoms with Crippen LogP contribution in [0.1, 0.15) is 45.2 Å². The van der Waals surface area contributed by atoms with Gasteiger partial charge in [-0.25, -0.2) is 4.39 Å². The van der Waals surface area contributed by atoms with Gasteiger partial charge in [0.05, 0.1) is 0 Å². The van der Waals surface area contributed by atoms with Crippen LogP contribution in [0.2, 0.25) is 0 Å². The molecule has 0 bridgehead atoms. The Morgan fingerprint density at radius 2 is 2.05 bits per heavy atom. The van der Waals surface area contributed by atoms with E-state index in [1.165, 1.54) is 6.42 Å². The number of benzene rings is 1. The van der Waals surface area contributed by atoms with Crippen LogP contribution in [0.5, 0.6) is 0 Å². The SMILES string of the molecule is CCCNC(CN1CCC(C)C(C)C1)c1ccccc1F.